The summed E-state index contributed by atoms with van der Waals surface area (Å²) in [6.45, 7) is 3.63. The van der Waals surface area contributed by atoms with Gasteiger partial charge in [-0.2, -0.15) is 0 Å². The maximum Gasteiger partial charge on any atom is 0.323 e. The molecule has 0 spiro atoms. The molecule has 2 rings (SSSR count). The van der Waals surface area contributed by atoms with Crippen molar-refractivity contribution in [3.63, 3.8) is 0 Å². The molecule has 2 amide bonds. The van der Waals surface area contributed by atoms with Crippen LogP contribution in [0.3, 0.4) is 0 Å². The molecule has 0 aliphatic heterocycles. The number of halogens is 1. The van der Waals surface area contributed by atoms with E-state index in [0.717, 1.165) is 21.3 Å². The molecule has 2 aromatic carbocycles. The van der Waals surface area contributed by atoms with Gasteiger partial charge in [0.25, 0.3) is 0 Å². The topological polar surface area (TPSA) is 61.4 Å². The zero-order chi connectivity index (χ0) is 15.4. The summed E-state index contributed by atoms with van der Waals surface area (Å²) in [4.78, 5) is 12.0. The Morgan fingerprint density at radius 3 is 2.43 bits per heavy atom. The highest BCUT2D eigenvalue weighted by Gasteiger charge is 2.07. The van der Waals surface area contributed by atoms with E-state index >= 15 is 0 Å². The fraction of sp³-hybridized carbons (Fsp3) is 0.188. The number of aliphatic hydroxyl groups is 1. The molecule has 1 atom stereocenters. The molecule has 0 aliphatic carbocycles. The van der Waals surface area contributed by atoms with E-state index in [-0.39, 0.29) is 6.03 Å². The van der Waals surface area contributed by atoms with E-state index in [1.54, 1.807) is 31.2 Å². The van der Waals surface area contributed by atoms with Crippen molar-refractivity contribution in [3.05, 3.63) is 58.1 Å². The van der Waals surface area contributed by atoms with Crippen molar-refractivity contribution in [3.8, 4) is 0 Å². The standard InChI is InChI=1S/C16H17BrN2O2/c1-10-14(17)4-3-5-15(10)19-16(21)18-13-8-6-12(7-9-13)11(2)20/h3-9,11,20H,1-2H3,(H2,18,19,21). The molecule has 0 saturated carbocycles. The van der Waals surface area contributed by atoms with Crippen LogP contribution in [0.4, 0.5) is 16.2 Å². The maximum absolute atomic E-state index is 12.0. The van der Waals surface area contributed by atoms with Crippen LogP contribution in [0.25, 0.3) is 0 Å². The summed E-state index contributed by atoms with van der Waals surface area (Å²) in [6, 6.07) is 12.4. The van der Waals surface area contributed by atoms with Crippen molar-refractivity contribution in [2.75, 3.05) is 10.6 Å². The molecule has 0 radical (unpaired) electrons. The molecule has 5 heteroatoms. The van der Waals surface area contributed by atoms with Gasteiger partial charge in [-0.05, 0) is 49.2 Å². The Morgan fingerprint density at radius 2 is 1.81 bits per heavy atom. The van der Waals surface area contributed by atoms with Crippen LogP contribution in [0.1, 0.15) is 24.2 Å². The van der Waals surface area contributed by atoms with E-state index in [4.69, 9.17) is 0 Å². The normalized spacial score (nSPS) is 11.8. The number of urea groups is 1. The number of anilines is 2. The molecule has 2 aromatic rings. The van der Waals surface area contributed by atoms with Crippen LogP contribution in [0.15, 0.2) is 46.9 Å². The van der Waals surface area contributed by atoms with Crippen molar-refractivity contribution in [2.24, 2.45) is 0 Å². The number of carbonyl (C=O) groups is 1. The zero-order valence-corrected chi connectivity index (χ0v) is 13.4. The summed E-state index contributed by atoms with van der Waals surface area (Å²) < 4.78 is 0.946. The Balaban J connectivity index is 2.03. The predicted octanol–water partition coefficient (Wildman–Crippen LogP) is 4.45. The van der Waals surface area contributed by atoms with Gasteiger partial charge in [0.1, 0.15) is 0 Å². The number of benzene rings is 2. The predicted molar refractivity (Wildman–Crippen MR) is 88.6 cm³/mol. The number of hydrogen-bond acceptors (Lipinski definition) is 2. The van der Waals surface area contributed by atoms with Crippen LogP contribution in [0, 0.1) is 6.92 Å². The first kappa shape index (κ1) is 15.5. The van der Waals surface area contributed by atoms with Crippen LogP contribution in [-0.2, 0) is 0 Å². The zero-order valence-electron chi connectivity index (χ0n) is 11.9. The van der Waals surface area contributed by atoms with Crippen molar-refractivity contribution < 1.29 is 9.90 Å². The van der Waals surface area contributed by atoms with Gasteiger partial charge in [-0.3, -0.25) is 0 Å². The van der Waals surface area contributed by atoms with Gasteiger partial charge in [-0.25, -0.2) is 4.79 Å². The van der Waals surface area contributed by atoms with Crippen molar-refractivity contribution in [1.82, 2.24) is 0 Å². The SMILES string of the molecule is Cc1c(Br)cccc1NC(=O)Nc1ccc(C(C)O)cc1. The van der Waals surface area contributed by atoms with Gasteiger partial charge in [-0.1, -0.05) is 34.1 Å². The van der Waals surface area contributed by atoms with Crippen LogP contribution in [0.5, 0.6) is 0 Å². The van der Waals surface area contributed by atoms with Crippen molar-refractivity contribution in [2.45, 2.75) is 20.0 Å². The van der Waals surface area contributed by atoms with E-state index in [9.17, 15) is 9.90 Å². The molecular weight excluding hydrogens is 332 g/mol. The number of aliphatic hydroxyl groups excluding tert-OH is 1. The molecule has 0 bridgehead atoms. The second-order valence-corrected chi connectivity index (χ2v) is 5.64. The second-order valence-electron chi connectivity index (χ2n) is 4.79. The molecule has 0 fully saturated rings. The average Bonchev–Trinajstić information content (AvgIpc) is 2.44. The van der Waals surface area contributed by atoms with Gasteiger partial charge in [0.05, 0.1) is 6.10 Å². The smallest absolute Gasteiger partial charge is 0.323 e. The number of rotatable bonds is 3. The van der Waals surface area contributed by atoms with Gasteiger partial charge in [0.15, 0.2) is 0 Å². The lowest BCUT2D eigenvalue weighted by molar-refractivity contribution is 0.199. The second kappa shape index (κ2) is 6.74. The van der Waals surface area contributed by atoms with Crippen LogP contribution in [0.2, 0.25) is 0 Å². The molecule has 0 aromatic heterocycles. The van der Waals surface area contributed by atoms with Gasteiger partial charge >= 0.3 is 6.03 Å². The Labute approximate surface area is 132 Å². The minimum atomic E-state index is -0.516. The lowest BCUT2D eigenvalue weighted by atomic mass is 10.1. The summed E-state index contributed by atoms with van der Waals surface area (Å²) in [5.41, 5.74) is 3.20. The Bertz CT molecular complexity index is 639. The highest BCUT2D eigenvalue weighted by Crippen LogP contribution is 2.23. The summed E-state index contributed by atoms with van der Waals surface area (Å²) in [5.74, 6) is 0. The molecule has 0 saturated heterocycles. The van der Waals surface area contributed by atoms with Crippen molar-refractivity contribution in [1.29, 1.82) is 0 Å². The van der Waals surface area contributed by atoms with Crippen LogP contribution < -0.4 is 10.6 Å². The highest BCUT2D eigenvalue weighted by atomic mass is 79.9. The molecule has 0 aliphatic rings. The molecule has 110 valence electrons. The molecule has 3 N–H and O–H groups in total. The average molecular weight is 349 g/mol. The fourth-order valence-corrected chi connectivity index (χ4v) is 2.24. The van der Waals surface area contributed by atoms with Gasteiger partial charge in [0.2, 0.25) is 0 Å². The quantitative estimate of drug-likeness (QED) is 0.766. The number of carbonyl (C=O) groups excluding carboxylic acids is 1. The summed E-state index contributed by atoms with van der Waals surface area (Å²) >= 11 is 3.43. The van der Waals surface area contributed by atoms with E-state index in [0.29, 0.717) is 5.69 Å². The number of nitrogens with one attached hydrogen (secondary N) is 2. The third-order valence-electron chi connectivity index (χ3n) is 3.17. The number of hydrogen-bond donors (Lipinski definition) is 3. The highest BCUT2D eigenvalue weighted by molar-refractivity contribution is 9.10. The Morgan fingerprint density at radius 1 is 1.14 bits per heavy atom. The van der Waals surface area contributed by atoms with Crippen LogP contribution >= 0.6 is 15.9 Å². The minimum absolute atomic E-state index is 0.305. The summed E-state index contributed by atoms with van der Waals surface area (Å²) in [7, 11) is 0. The third kappa shape index (κ3) is 4.06. The lowest BCUT2D eigenvalue weighted by Gasteiger charge is -2.11. The van der Waals surface area contributed by atoms with E-state index in [1.807, 2.05) is 25.1 Å². The third-order valence-corrected chi connectivity index (χ3v) is 4.03. The first-order valence-corrected chi connectivity index (χ1v) is 7.38. The molecule has 21 heavy (non-hydrogen) atoms. The Hall–Kier alpha value is -1.85. The molecule has 1 unspecified atom stereocenters. The lowest BCUT2D eigenvalue weighted by Crippen LogP contribution is -2.20. The fourth-order valence-electron chi connectivity index (χ4n) is 1.87. The van der Waals surface area contributed by atoms with Crippen molar-refractivity contribution >= 4 is 33.3 Å². The van der Waals surface area contributed by atoms with E-state index in [2.05, 4.69) is 26.6 Å². The number of amides is 2. The first-order valence-electron chi connectivity index (χ1n) is 6.58. The molecule has 0 heterocycles. The van der Waals surface area contributed by atoms with E-state index in [1.165, 1.54) is 0 Å². The Kier molecular flexibility index (Phi) is 4.98. The largest absolute Gasteiger partial charge is 0.389 e. The minimum Gasteiger partial charge on any atom is -0.389 e. The molecule has 4 nitrogen and oxygen atoms in total. The summed E-state index contributed by atoms with van der Waals surface area (Å²) in [6.07, 6.45) is -0.516. The summed E-state index contributed by atoms with van der Waals surface area (Å²) in [5, 5.41) is 15.0. The van der Waals surface area contributed by atoms with Gasteiger partial charge in [-0.15, -0.1) is 0 Å². The van der Waals surface area contributed by atoms with Gasteiger partial charge in [0, 0.05) is 15.8 Å². The first-order chi connectivity index (χ1) is 9.97. The monoisotopic (exact) mass is 348 g/mol. The maximum atomic E-state index is 12.0. The molecular formula is C16H17BrN2O2. The van der Waals surface area contributed by atoms with Crippen LogP contribution in [-0.4, -0.2) is 11.1 Å². The van der Waals surface area contributed by atoms with Gasteiger partial charge < -0.3 is 15.7 Å². The van der Waals surface area contributed by atoms with E-state index < -0.39 is 6.10 Å².